The Labute approximate surface area is 103 Å². The van der Waals surface area contributed by atoms with Crippen LogP contribution in [0.1, 0.15) is 19.3 Å². The van der Waals surface area contributed by atoms with Crippen molar-refractivity contribution in [1.29, 1.82) is 0 Å². The summed E-state index contributed by atoms with van der Waals surface area (Å²) >= 11 is 0. The fourth-order valence-corrected chi connectivity index (χ4v) is 3.51. The first-order chi connectivity index (χ1) is 8.31. The van der Waals surface area contributed by atoms with Gasteiger partial charge in [0.2, 0.25) is 5.91 Å². The van der Waals surface area contributed by atoms with Gasteiger partial charge in [0, 0.05) is 32.2 Å². The summed E-state index contributed by atoms with van der Waals surface area (Å²) in [5.41, 5.74) is 0. The van der Waals surface area contributed by atoms with Gasteiger partial charge in [-0.1, -0.05) is 6.42 Å². The van der Waals surface area contributed by atoms with Crippen LogP contribution in [-0.2, 0) is 4.79 Å². The van der Waals surface area contributed by atoms with Gasteiger partial charge in [0.25, 0.3) is 0 Å². The van der Waals surface area contributed by atoms with Crippen molar-refractivity contribution in [2.75, 3.05) is 39.3 Å². The van der Waals surface area contributed by atoms with Crippen LogP contribution in [0.4, 0.5) is 0 Å². The number of amides is 1. The molecule has 1 N–H and O–H groups in total. The second-order valence-electron chi connectivity index (χ2n) is 5.72. The summed E-state index contributed by atoms with van der Waals surface area (Å²) in [6, 6.07) is 0. The first-order valence-corrected chi connectivity index (χ1v) is 6.93. The summed E-state index contributed by atoms with van der Waals surface area (Å²) < 4.78 is 0. The largest absolute Gasteiger partial charge is 0.396 e. The van der Waals surface area contributed by atoms with Gasteiger partial charge in [-0.2, -0.15) is 0 Å². The molecule has 3 aliphatic rings. The van der Waals surface area contributed by atoms with E-state index in [9.17, 15) is 4.79 Å². The van der Waals surface area contributed by atoms with Crippen LogP contribution >= 0.6 is 0 Å². The molecule has 2 saturated heterocycles. The van der Waals surface area contributed by atoms with E-state index in [2.05, 4.69) is 4.90 Å². The maximum absolute atomic E-state index is 12.0. The molecule has 0 spiro atoms. The molecule has 4 heteroatoms. The van der Waals surface area contributed by atoms with Crippen LogP contribution < -0.4 is 0 Å². The Hall–Kier alpha value is -0.610. The Morgan fingerprint density at radius 1 is 1.18 bits per heavy atom. The number of fused-ring (bicyclic) bond motifs is 1. The number of piperidine rings is 2. The highest BCUT2D eigenvalue weighted by Gasteiger charge is 2.60. The third-order valence-corrected chi connectivity index (χ3v) is 4.71. The van der Waals surface area contributed by atoms with Gasteiger partial charge in [0.1, 0.15) is 0 Å². The molecule has 0 aromatic rings. The molecule has 96 valence electrons. The van der Waals surface area contributed by atoms with Crippen molar-refractivity contribution in [1.82, 2.24) is 9.80 Å². The molecule has 0 bridgehead atoms. The SMILES string of the molecule is O=C1C2C(CO)C2CN1CCN1CCCCC1. The first kappa shape index (κ1) is 11.5. The van der Waals surface area contributed by atoms with Crippen molar-refractivity contribution >= 4 is 5.91 Å². The van der Waals surface area contributed by atoms with E-state index in [0.29, 0.717) is 11.8 Å². The lowest BCUT2D eigenvalue weighted by Gasteiger charge is -2.29. The van der Waals surface area contributed by atoms with E-state index in [1.165, 1.54) is 32.4 Å². The van der Waals surface area contributed by atoms with E-state index in [4.69, 9.17) is 5.11 Å². The Morgan fingerprint density at radius 2 is 1.94 bits per heavy atom. The maximum atomic E-state index is 12.0. The van der Waals surface area contributed by atoms with Gasteiger partial charge < -0.3 is 14.9 Å². The minimum Gasteiger partial charge on any atom is -0.396 e. The van der Waals surface area contributed by atoms with Crippen LogP contribution in [-0.4, -0.2) is 60.1 Å². The molecule has 2 heterocycles. The Balaban J connectivity index is 1.43. The quantitative estimate of drug-likeness (QED) is 0.759. The molecule has 0 aromatic carbocycles. The Bertz CT molecular complexity index is 302. The molecule has 1 saturated carbocycles. The summed E-state index contributed by atoms with van der Waals surface area (Å²) in [7, 11) is 0. The van der Waals surface area contributed by atoms with Crippen LogP contribution in [0, 0.1) is 17.8 Å². The Morgan fingerprint density at radius 3 is 2.53 bits per heavy atom. The van der Waals surface area contributed by atoms with Crippen molar-refractivity contribution in [2.24, 2.45) is 17.8 Å². The van der Waals surface area contributed by atoms with Crippen molar-refractivity contribution in [3.8, 4) is 0 Å². The average Bonchev–Trinajstić information content (AvgIpc) is 2.98. The number of aliphatic hydroxyl groups excluding tert-OH is 1. The molecule has 2 aliphatic heterocycles. The van der Waals surface area contributed by atoms with E-state index in [1.54, 1.807) is 0 Å². The van der Waals surface area contributed by atoms with Crippen LogP contribution in [0.3, 0.4) is 0 Å². The standard InChI is InChI=1S/C13H22N2O2/c16-9-11-10-8-15(13(17)12(10)11)7-6-14-4-2-1-3-5-14/h10-12,16H,1-9H2. The number of hydrogen-bond acceptors (Lipinski definition) is 3. The summed E-state index contributed by atoms with van der Waals surface area (Å²) in [4.78, 5) is 16.5. The predicted octanol–water partition coefficient (Wildman–Crippen LogP) is 0.169. The number of nitrogens with zero attached hydrogens (tertiary/aromatic N) is 2. The second-order valence-corrected chi connectivity index (χ2v) is 5.72. The average molecular weight is 238 g/mol. The van der Waals surface area contributed by atoms with Crippen LogP contribution in [0.15, 0.2) is 0 Å². The van der Waals surface area contributed by atoms with Crippen molar-refractivity contribution in [2.45, 2.75) is 19.3 Å². The Kier molecular flexibility index (Phi) is 3.09. The molecule has 3 fully saturated rings. The topological polar surface area (TPSA) is 43.8 Å². The smallest absolute Gasteiger partial charge is 0.226 e. The predicted molar refractivity (Wildman–Crippen MR) is 64.4 cm³/mol. The summed E-state index contributed by atoms with van der Waals surface area (Å²) in [5, 5.41) is 9.07. The van der Waals surface area contributed by atoms with E-state index in [0.717, 1.165) is 19.6 Å². The third-order valence-electron chi connectivity index (χ3n) is 4.71. The highest BCUT2D eigenvalue weighted by Crippen LogP contribution is 2.51. The lowest BCUT2D eigenvalue weighted by Crippen LogP contribution is -2.40. The molecule has 1 aliphatic carbocycles. The molecule has 0 aromatic heterocycles. The summed E-state index contributed by atoms with van der Waals surface area (Å²) in [6.07, 6.45) is 3.99. The fraction of sp³-hybridized carbons (Fsp3) is 0.923. The zero-order valence-electron chi connectivity index (χ0n) is 10.3. The number of rotatable bonds is 4. The zero-order chi connectivity index (χ0) is 11.8. The highest BCUT2D eigenvalue weighted by molar-refractivity contribution is 5.85. The normalized spacial score (nSPS) is 37.4. The molecule has 17 heavy (non-hydrogen) atoms. The molecule has 3 rings (SSSR count). The van der Waals surface area contributed by atoms with Crippen molar-refractivity contribution < 1.29 is 9.90 Å². The second kappa shape index (κ2) is 4.58. The minimum atomic E-state index is 0.168. The van der Waals surface area contributed by atoms with Crippen LogP contribution in [0.25, 0.3) is 0 Å². The van der Waals surface area contributed by atoms with Gasteiger partial charge >= 0.3 is 0 Å². The fourth-order valence-electron chi connectivity index (χ4n) is 3.51. The van der Waals surface area contributed by atoms with Gasteiger partial charge in [-0.15, -0.1) is 0 Å². The third kappa shape index (κ3) is 2.08. The van der Waals surface area contributed by atoms with Gasteiger partial charge in [-0.3, -0.25) is 4.79 Å². The van der Waals surface area contributed by atoms with E-state index >= 15 is 0 Å². The van der Waals surface area contributed by atoms with E-state index < -0.39 is 0 Å². The van der Waals surface area contributed by atoms with Gasteiger partial charge in [-0.25, -0.2) is 0 Å². The van der Waals surface area contributed by atoms with Crippen molar-refractivity contribution in [3.63, 3.8) is 0 Å². The molecule has 0 radical (unpaired) electrons. The minimum absolute atomic E-state index is 0.168. The maximum Gasteiger partial charge on any atom is 0.226 e. The van der Waals surface area contributed by atoms with Crippen molar-refractivity contribution in [3.05, 3.63) is 0 Å². The van der Waals surface area contributed by atoms with Gasteiger partial charge in [0.15, 0.2) is 0 Å². The first-order valence-electron chi connectivity index (χ1n) is 6.93. The number of carbonyl (C=O) groups excluding carboxylic acids is 1. The number of aliphatic hydroxyl groups is 1. The zero-order valence-corrected chi connectivity index (χ0v) is 10.3. The van der Waals surface area contributed by atoms with Crippen LogP contribution in [0.2, 0.25) is 0 Å². The number of likely N-dealkylation sites (tertiary alicyclic amines) is 2. The van der Waals surface area contributed by atoms with E-state index in [-0.39, 0.29) is 18.4 Å². The van der Waals surface area contributed by atoms with Gasteiger partial charge in [-0.05, 0) is 37.8 Å². The molecule has 3 atom stereocenters. The summed E-state index contributed by atoms with van der Waals surface area (Å²) in [5.74, 6) is 1.22. The number of carbonyl (C=O) groups is 1. The lowest BCUT2D eigenvalue weighted by molar-refractivity contribution is -0.131. The highest BCUT2D eigenvalue weighted by atomic mass is 16.3. The van der Waals surface area contributed by atoms with E-state index in [1.807, 2.05) is 4.90 Å². The number of hydrogen-bond donors (Lipinski definition) is 1. The summed E-state index contributed by atoms with van der Waals surface area (Å²) in [6.45, 7) is 5.42. The molecule has 3 unspecified atom stereocenters. The monoisotopic (exact) mass is 238 g/mol. The lowest BCUT2D eigenvalue weighted by atomic mass is 10.1. The van der Waals surface area contributed by atoms with Crippen LogP contribution in [0.5, 0.6) is 0 Å². The van der Waals surface area contributed by atoms with Gasteiger partial charge in [0.05, 0.1) is 0 Å². The molecular formula is C13H22N2O2. The molecule has 1 amide bonds. The molecular weight excluding hydrogens is 216 g/mol. The molecule has 4 nitrogen and oxygen atoms in total.